The molecule has 1 aliphatic heterocycles. The van der Waals surface area contributed by atoms with Crippen molar-refractivity contribution in [1.29, 1.82) is 0 Å². The van der Waals surface area contributed by atoms with Gasteiger partial charge in [0, 0.05) is 13.1 Å². The topological polar surface area (TPSA) is 78.9 Å². The fraction of sp³-hybridized carbons (Fsp3) is 0.800. The van der Waals surface area contributed by atoms with Gasteiger partial charge in [-0.3, -0.25) is 0 Å². The second-order valence-corrected chi connectivity index (χ2v) is 4.27. The van der Waals surface area contributed by atoms with Gasteiger partial charge in [-0.1, -0.05) is 0 Å². The van der Waals surface area contributed by atoms with Crippen LogP contribution in [0.2, 0.25) is 0 Å². The Morgan fingerprint density at radius 1 is 1.44 bits per heavy atom. The van der Waals surface area contributed by atoms with E-state index in [1.54, 1.807) is 0 Å². The third-order valence-corrected chi connectivity index (χ3v) is 2.87. The second kappa shape index (κ2) is 4.69. The highest BCUT2D eigenvalue weighted by Crippen LogP contribution is 2.27. The summed E-state index contributed by atoms with van der Waals surface area (Å²) in [7, 11) is 0. The number of rotatable bonds is 3. The molecule has 2 aliphatic rings. The van der Waals surface area contributed by atoms with Crippen LogP contribution >= 0.6 is 0 Å². The van der Waals surface area contributed by atoms with E-state index in [-0.39, 0.29) is 19.2 Å². The van der Waals surface area contributed by atoms with Crippen molar-refractivity contribution in [3.05, 3.63) is 0 Å². The smallest absolute Gasteiger partial charge is 0.334 e. The van der Waals surface area contributed by atoms with Crippen molar-refractivity contribution in [2.75, 3.05) is 26.2 Å². The molecule has 0 aromatic carbocycles. The lowest BCUT2D eigenvalue weighted by molar-refractivity contribution is -0.154. The van der Waals surface area contributed by atoms with Gasteiger partial charge < -0.3 is 20.1 Å². The van der Waals surface area contributed by atoms with Crippen LogP contribution in [-0.4, -0.2) is 54.4 Å². The van der Waals surface area contributed by atoms with E-state index in [4.69, 9.17) is 9.84 Å². The molecule has 90 valence electrons. The Morgan fingerprint density at radius 2 is 2.19 bits per heavy atom. The average Bonchev–Trinajstić information content (AvgIpc) is 3.10. The van der Waals surface area contributed by atoms with Crippen LogP contribution in [0.25, 0.3) is 0 Å². The lowest BCUT2D eigenvalue weighted by atomic mass is 10.3. The van der Waals surface area contributed by atoms with E-state index in [1.807, 2.05) is 0 Å². The van der Waals surface area contributed by atoms with Crippen molar-refractivity contribution in [2.45, 2.75) is 18.9 Å². The second-order valence-electron chi connectivity index (χ2n) is 4.27. The minimum Gasteiger partial charge on any atom is -0.479 e. The largest absolute Gasteiger partial charge is 0.479 e. The highest BCUT2D eigenvalue weighted by Gasteiger charge is 2.29. The summed E-state index contributed by atoms with van der Waals surface area (Å²) in [5.74, 6) is -0.389. The average molecular weight is 228 g/mol. The van der Waals surface area contributed by atoms with E-state index in [0.29, 0.717) is 19.0 Å². The molecule has 0 aromatic heterocycles. The van der Waals surface area contributed by atoms with E-state index in [2.05, 4.69) is 5.32 Å². The molecule has 6 heteroatoms. The summed E-state index contributed by atoms with van der Waals surface area (Å²) in [5, 5.41) is 11.6. The number of morpholine rings is 1. The molecule has 1 heterocycles. The number of carboxylic acid groups (broad SMARTS) is 1. The first kappa shape index (κ1) is 11.2. The SMILES string of the molecule is O=C(O)C1CN(C(=O)NCC2CC2)CCO1. The predicted molar refractivity (Wildman–Crippen MR) is 55.1 cm³/mol. The van der Waals surface area contributed by atoms with Crippen molar-refractivity contribution in [3.8, 4) is 0 Å². The summed E-state index contributed by atoms with van der Waals surface area (Å²) in [6.45, 7) is 1.58. The first-order chi connectivity index (χ1) is 7.66. The van der Waals surface area contributed by atoms with E-state index < -0.39 is 12.1 Å². The Labute approximate surface area is 93.6 Å². The third-order valence-electron chi connectivity index (χ3n) is 2.87. The molecule has 1 saturated heterocycles. The number of amides is 2. The van der Waals surface area contributed by atoms with Gasteiger partial charge in [-0.05, 0) is 18.8 Å². The van der Waals surface area contributed by atoms with E-state index in [1.165, 1.54) is 17.7 Å². The minimum absolute atomic E-state index is 0.131. The van der Waals surface area contributed by atoms with E-state index >= 15 is 0 Å². The molecule has 1 aliphatic carbocycles. The maximum Gasteiger partial charge on any atom is 0.334 e. The highest BCUT2D eigenvalue weighted by atomic mass is 16.5. The quantitative estimate of drug-likeness (QED) is 0.706. The zero-order valence-corrected chi connectivity index (χ0v) is 9.02. The lowest BCUT2D eigenvalue weighted by Crippen LogP contribution is -2.52. The van der Waals surface area contributed by atoms with Gasteiger partial charge in [-0.15, -0.1) is 0 Å². The van der Waals surface area contributed by atoms with Gasteiger partial charge in [0.25, 0.3) is 0 Å². The number of hydrogen-bond acceptors (Lipinski definition) is 3. The Balaban J connectivity index is 1.78. The van der Waals surface area contributed by atoms with Crippen LogP contribution in [0.3, 0.4) is 0 Å². The fourth-order valence-corrected chi connectivity index (χ4v) is 1.65. The molecule has 0 bridgehead atoms. The normalized spacial score (nSPS) is 25.2. The fourth-order valence-electron chi connectivity index (χ4n) is 1.65. The number of aliphatic carboxylic acids is 1. The molecule has 6 nitrogen and oxygen atoms in total. The van der Waals surface area contributed by atoms with Crippen molar-refractivity contribution in [3.63, 3.8) is 0 Å². The Kier molecular flexibility index (Phi) is 3.28. The maximum absolute atomic E-state index is 11.7. The van der Waals surface area contributed by atoms with Gasteiger partial charge in [0.1, 0.15) is 0 Å². The number of carbonyl (C=O) groups excluding carboxylic acids is 1. The van der Waals surface area contributed by atoms with Crippen LogP contribution in [0.1, 0.15) is 12.8 Å². The Morgan fingerprint density at radius 3 is 2.81 bits per heavy atom. The first-order valence-corrected chi connectivity index (χ1v) is 5.54. The van der Waals surface area contributed by atoms with Crippen LogP contribution in [0.4, 0.5) is 4.79 Å². The summed E-state index contributed by atoms with van der Waals surface area (Å²) in [5.41, 5.74) is 0. The summed E-state index contributed by atoms with van der Waals surface area (Å²) in [6.07, 6.45) is 1.47. The zero-order valence-electron chi connectivity index (χ0n) is 9.02. The summed E-state index contributed by atoms with van der Waals surface area (Å²) >= 11 is 0. The number of nitrogens with zero attached hydrogens (tertiary/aromatic N) is 1. The van der Waals surface area contributed by atoms with Gasteiger partial charge >= 0.3 is 12.0 Å². The van der Waals surface area contributed by atoms with E-state index in [0.717, 1.165) is 0 Å². The molecule has 16 heavy (non-hydrogen) atoms. The number of nitrogens with one attached hydrogen (secondary N) is 1. The molecule has 2 rings (SSSR count). The van der Waals surface area contributed by atoms with Gasteiger partial charge in [0.05, 0.1) is 13.2 Å². The van der Waals surface area contributed by atoms with Gasteiger partial charge in [0.15, 0.2) is 6.10 Å². The molecule has 2 fully saturated rings. The number of carboxylic acids is 1. The molecule has 0 aromatic rings. The molecule has 1 saturated carbocycles. The predicted octanol–water partition coefficient (Wildman–Crippen LogP) is -0.109. The van der Waals surface area contributed by atoms with E-state index in [9.17, 15) is 9.59 Å². The molecule has 1 atom stereocenters. The Bertz CT molecular complexity index is 291. The molecular weight excluding hydrogens is 212 g/mol. The molecule has 0 radical (unpaired) electrons. The first-order valence-electron chi connectivity index (χ1n) is 5.54. The number of ether oxygens (including phenoxy) is 1. The highest BCUT2D eigenvalue weighted by molar-refractivity contribution is 5.77. The molecule has 1 unspecified atom stereocenters. The number of urea groups is 1. The number of hydrogen-bond donors (Lipinski definition) is 2. The van der Waals surface area contributed by atoms with Crippen LogP contribution in [0.5, 0.6) is 0 Å². The van der Waals surface area contributed by atoms with Gasteiger partial charge in [-0.25, -0.2) is 9.59 Å². The number of carbonyl (C=O) groups is 2. The minimum atomic E-state index is -1.01. The molecule has 2 amide bonds. The summed E-state index contributed by atoms with van der Waals surface area (Å²) in [4.78, 5) is 23.9. The molecule has 2 N–H and O–H groups in total. The van der Waals surface area contributed by atoms with Gasteiger partial charge in [-0.2, -0.15) is 0 Å². The third kappa shape index (κ3) is 2.85. The maximum atomic E-state index is 11.7. The monoisotopic (exact) mass is 228 g/mol. The molecular formula is C10H16N2O4. The lowest BCUT2D eigenvalue weighted by Gasteiger charge is -2.30. The van der Waals surface area contributed by atoms with Crippen molar-refractivity contribution >= 4 is 12.0 Å². The van der Waals surface area contributed by atoms with Crippen LogP contribution in [0.15, 0.2) is 0 Å². The summed E-state index contributed by atoms with van der Waals surface area (Å²) in [6, 6.07) is -0.179. The van der Waals surface area contributed by atoms with Crippen LogP contribution in [-0.2, 0) is 9.53 Å². The zero-order chi connectivity index (χ0) is 11.5. The van der Waals surface area contributed by atoms with Gasteiger partial charge in [0.2, 0.25) is 0 Å². The van der Waals surface area contributed by atoms with Crippen molar-refractivity contribution in [2.24, 2.45) is 5.92 Å². The standard InChI is InChI=1S/C10H16N2O4/c13-9(14)8-6-12(3-4-16-8)10(15)11-5-7-1-2-7/h7-8H,1-6H2,(H,11,15)(H,13,14). The molecule has 0 spiro atoms. The van der Waals surface area contributed by atoms with Crippen LogP contribution in [0, 0.1) is 5.92 Å². The van der Waals surface area contributed by atoms with Crippen molar-refractivity contribution in [1.82, 2.24) is 10.2 Å². The Hall–Kier alpha value is -1.30. The summed E-state index contributed by atoms with van der Waals surface area (Å²) < 4.78 is 5.04. The van der Waals surface area contributed by atoms with Crippen molar-refractivity contribution < 1.29 is 19.4 Å². The van der Waals surface area contributed by atoms with Crippen LogP contribution < -0.4 is 5.32 Å².